The zero-order valence-corrected chi connectivity index (χ0v) is 12.9. The maximum Gasteiger partial charge on any atom is 0.137 e. The Labute approximate surface area is 129 Å². The van der Waals surface area contributed by atoms with E-state index in [1.807, 2.05) is 0 Å². The largest absolute Gasteiger partial charge is 0.392 e. The molecule has 0 amide bonds. The average Bonchev–Trinajstić information content (AvgIpc) is 2.43. The van der Waals surface area contributed by atoms with Crippen molar-refractivity contribution in [3.63, 3.8) is 0 Å². The summed E-state index contributed by atoms with van der Waals surface area (Å²) in [5.74, 6) is -0.294. The van der Waals surface area contributed by atoms with Crippen molar-refractivity contribution in [2.45, 2.75) is 17.4 Å². The van der Waals surface area contributed by atoms with Gasteiger partial charge in [-0.1, -0.05) is 24.3 Å². The molecule has 1 unspecified atom stereocenters. The fraction of sp³-hybridized carbons (Fsp3) is 0.200. The van der Waals surface area contributed by atoms with Crippen LogP contribution in [0.3, 0.4) is 0 Å². The van der Waals surface area contributed by atoms with Crippen molar-refractivity contribution in [3.8, 4) is 0 Å². The van der Waals surface area contributed by atoms with E-state index in [4.69, 9.17) is 0 Å². The Morgan fingerprint density at radius 2 is 1.75 bits per heavy atom. The van der Waals surface area contributed by atoms with Gasteiger partial charge >= 0.3 is 0 Å². The summed E-state index contributed by atoms with van der Waals surface area (Å²) in [6.45, 7) is 0. The monoisotopic (exact) mass is 358 g/mol. The summed E-state index contributed by atoms with van der Waals surface area (Å²) in [4.78, 5) is 0.504. The van der Waals surface area contributed by atoms with E-state index in [9.17, 15) is 13.9 Å². The number of hydrogen-bond acceptors (Lipinski definition) is 2. The second-order valence-corrected chi connectivity index (χ2v) is 6.17. The highest BCUT2D eigenvalue weighted by Crippen LogP contribution is 2.25. The standard InChI is InChI=1S/C15H13BrF2OS/c16-15-10(4-3-6-13(15)18)8-11(19)9-20-14-7-2-1-5-12(14)17/h1-7,11,19H,8-9H2. The van der Waals surface area contributed by atoms with E-state index in [0.717, 1.165) is 0 Å². The van der Waals surface area contributed by atoms with Crippen LogP contribution in [0.4, 0.5) is 8.78 Å². The van der Waals surface area contributed by atoms with Crippen LogP contribution in [0, 0.1) is 11.6 Å². The first-order chi connectivity index (χ1) is 9.58. The molecule has 1 atom stereocenters. The van der Waals surface area contributed by atoms with Crippen LogP contribution in [-0.2, 0) is 6.42 Å². The first-order valence-corrected chi connectivity index (χ1v) is 7.84. The predicted molar refractivity (Wildman–Crippen MR) is 80.9 cm³/mol. The van der Waals surface area contributed by atoms with Gasteiger partial charge in [0.05, 0.1) is 10.6 Å². The molecular weight excluding hydrogens is 346 g/mol. The maximum absolute atomic E-state index is 13.4. The molecular formula is C15H13BrF2OS. The molecule has 0 aliphatic rings. The van der Waals surface area contributed by atoms with Gasteiger partial charge in [-0.25, -0.2) is 8.78 Å². The fourth-order valence-corrected chi connectivity index (χ4v) is 3.06. The first kappa shape index (κ1) is 15.5. The molecule has 0 aromatic heterocycles. The van der Waals surface area contributed by atoms with E-state index < -0.39 is 6.10 Å². The lowest BCUT2D eigenvalue weighted by atomic mass is 10.1. The summed E-state index contributed by atoms with van der Waals surface area (Å²) in [5, 5.41) is 9.98. The topological polar surface area (TPSA) is 20.2 Å². The highest BCUT2D eigenvalue weighted by Gasteiger charge is 2.12. The predicted octanol–water partition coefficient (Wildman–Crippen LogP) is 4.42. The summed E-state index contributed by atoms with van der Waals surface area (Å²) in [6.07, 6.45) is -0.350. The summed E-state index contributed by atoms with van der Waals surface area (Å²) < 4.78 is 27.1. The minimum atomic E-state index is -0.669. The average molecular weight is 359 g/mol. The van der Waals surface area contributed by atoms with E-state index >= 15 is 0 Å². The Bertz CT molecular complexity index is 592. The van der Waals surface area contributed by atoms with E-state index in [2.05, 4.69) is 15.9 Å². The molecule has 0 radical (unpaired) electrons. The number of aliphatic hydroxyl groups is 1. The molecule has 106 valence electrons. The van der Waals surface area contributed by atoms with E-state index in [1.165, 1.54) is 23.9 Å². The van der Waals surface area contributed by atoms with E-state index in [1.54, 1.807) is 30.3 Å². The second-order valence-electron chi connectivity index (χ2n) is 4.31. The molecule has 2 rings (SSSR count). The number of benzene rings is 2. The third kappa shape index (κ3) is 4.04. The molecule has 0 saturated carbocycles. The smallest absolute Gasteiger partial charge is 0.137 e. The Balaban J connectivity index is 1.94. The minimum Gasteiger partial charge on any atom is -0.392 e. The quantitative estimate of drug-likeness (QED) is 0.798. The van der Waals surface area contributed by atoms with E-state index in [0.29, 0.717) is 27.1 Å². The van der Waals surface area contributed by atoms with Crippen LogP contribution in [0.25, 0.3) is 0 Å². The molecule has 0 aliphatic carbocycles. The fourth-order valence-electron chi connectivity index (χ4n) is 1.77. The van der Waals surface area contributed by atoms with Crippen LogP contribution in [-0.4, -0.2) is 17.0 Å². The van der Waals surface area contributed by atoms with Crippen LogP contribution in [0.1, 0.15) is 5.56 Å². The van der Waals surface area contributed by atoms with Crippen molar-refractivity contribution in [3.05, 3.63) is 64.1 Å². The third-order valence-electron chi connectivity index (χ3n) is 2.75. The van der Waals surface area contributed by atoms with Crippen molar-refractivity contribution in [2.24, 2.45) is 0 Å². The molecule has 2 aromatic rings. The molecule has 0 fully saturated rings. The number of aliphatic hydroxyl groups excluding tert-OH is 1. The third-order valence-corrected chi connectivity index (χ3v) is 4.84. The van der Waals surface area contributed by atoms with Gasteiger partial charge in [0.15, 0.2) is 0 Å². The van der Waals surface area contributed by atoms with Gasteiger partial charge in [-0.05, 0) is 39.7 Å². The molecule has 20 heavy (non-hydrogen) atoms. The number of halogens is 3. The summed E-state index contributed by atoms with van der Waals surface area (Å²) in [6, 6.07) is 11.1. The van der Waals surface area contributed by atoms with E-state index in [-0.39, 0.29) is 11.6 Å². The SMILES string of the molecule is OC(CSc1ccccc1F)Cc1cccc(F)c1Br. The second kappa shape index (κ2) is 7.20. The van der Waals surface area contributed by atoms with Crippen molar-refractivity contribution >= 4 is 27.7 Å². The Kier molecular flexibility index (Phi) is 5.57. The zero-order valence-electron chi connectivity index (χ0n) is 10.5. The molecule has 5 heteroatoms. The number of hydrogen-bond donors (Lipinski definition) is 1. The van der Waals surface area contributed by atoms with Crippen molar-refractivity contribution in [2.75, 3.05) is 5.75 Å². The van der Waals surface area contributed by atoms with Crippen molar-refractivity contribution in [1.82, 2.24) is 0 Å². The minimum absolute atomic E-state index is 0.295. The molecule has 0 spiro atoms. The van der Waals surface area contributed by atoms with Crippen LogP contribution < -0.4 is 0 Å². The van der Waals surface area contributed by atoms with Gasteiger partial charge < -0.3 is 5.11 Å². The molecule has 0 bridgehead atoms. The van der Waals surface area contributed by atoms with Gasteiger partial charge in [0.2, 0.25) is 0 Å². The Hall–Kier alpha value is -0.910. The molecule has 1 nitrogen and oxygen atoms in total. The molecule has 0 saturated heterocycles. The summed E-state index contributed by atoms with van der Waals surface area (Å²) >= 11 is 4.41. The summed E-state index contributed by atoms with van der Waals surface area (Å²) in [5.41, 5.74) is 0.701. The van der Waals surface area contributed by atoms with Gasteiger partial charge in [0.25, 0.3) is 0 Å². The highest BCUT2D eigenvalue weighted by atomic mass is 79.9. The molecule has 1 N–H and O–H groups in total. The molecule has 0 heterocycles. The summed E-state index contributed by atoms with van der Waals surface area (Å²) in [7, 11) is 0. The van der Waals surface area contributed by atoms with Crippen LogP contribution in [0.2, 0.25) is 0 Å². The Morgan fingerprint density at radius 1 is 1.05 bits per heavy atom. The van der Waals surface area contributed by atoms with Crippen LogP contribution >= 0.6 is 27.7 Å². The van der Waals surface area contributed by atoms with Gasteiger partial charge in [0.1, 0.15) is 11.6 Å². The van der Waals surface area contributed by atoms with Crippen molar-refractivity contribution in [1.29, 1.82) is 0 Å². The van der Waals surface area contributed by atoms with Crippen molar-refractivity contribution < 1.29 is 13.9 Å². The van der Waals surface area contributed by atoms with Gasteiger partial charge in [-0.3, -0.25) is 0 Å². The lowest BCUT2D eigenvalue weighted by molar-refractivity contribution is 0.200. The number of thioether (sulfide) groups is 1. The lowest BCUT2D eigenvalue weighted by Crippen LogP contribution is -2.14. The molecule has 0 aliphatic heterocycles. The molecule has 2 aromatic carbocycles. The Morgan fingerprint density at radius 3 is 2.50 bits per heavy atom. The first-order valence-electron chi connectivity index (χ1n) is 6.06. The normalized spacial score (nSPS) is 12.4. The van der Waals surface area contributed by atoms with Gasteiger partial charge in [0, 0.05) is 17.1 Å². The lowest BCUT2D eigenvalue weighted by Gasteiger charge is -2.12. The van der Waals surface area contributed by atoms with Crippen LogP contribution in [0.15, 0.2) is 51.8 Å². The van der Waals surface area contributed by atoms with Gasteiger partial charge in [-0.2, -0.15) is 0 Å². The zero-order chi connectivity index (χ0) is 14.5. The van der Waals surface area contributed by atoms with Gasteiger partial charge in [-0.15, -0.1) is 11.8 Å². The highest BCUT2D eigenvalue weighted by molar-refractivity contribution is 9.10. The van der Waals surface area contributed by atoms with Crippen LogP contribution in [0.5, 0.6) is 0 Å². The maximum atomic E-state index is 13.4. The number of rotatable bonds is 5.